The average molecular weight is 130 g/mol. The largest absolute Gasteiger partial charge is 0.329 e. The van der Waals surface area contributed by atoms with Gasteiger partial charge in [-0.05, 0) is 12.8 Å². The van der Waals surface area contributed by atoms with Crippen LogP contribution in [-0.4, -0.2) is 31.3 Å². The SMILES string of the molecule is CON1CCCC1CN. The lowest BCUT2D eigenvalue weighted by Crippen LogP contribution is -2.34. The van der Waals surface area contributed by atoms with Crippen LogP contribution in [0.5, 0.6) is 0 Å². The van der Waals surface area contributed by atoms with Gasteiger partial charge in [0.1, 0.15) is 0 Å². The zero-order valence-electron chi connectivity index (χ0n) is 5.84. The lowest BCUT2D eigenvalue weighted by molar-refractivity contribution is -0.138. The Bertz CT molecular complexity index is 77.1. The predicted molar refractivity (Wildman–Crippen MR) is 35.8 cm³/mol. The molecule has 0 aliphatic carbocycles. The molecule has 1 fully saturated rings. The van der Waals surface area contributed by atoms with Crippen LogP contribution in [0.1, 0.15) is 12.8 Å². The summed E-state index contributed by atoms with van der Waals surface area (Å²) in [5.74, 6) is 0. The first-order valence-corrected chi connectivity index (χ1v) is 3.39. The van der Waals surface area contributed by atoms with Gasteiger partial charge in [-0.15, -0.1) is 0 Å². The molecule has 3 nitrogen and oxygen atoms in total. The molecule has 1 aliphatic heterocycles. The van der Waals surface area contributed by atoms with Gasteiger partial charge in [-0.25, -0.2) is 0 Å². The molecule has 1 unspecified atom stereocenters. The van der Waals surface area contributed by atoms with Crippen molar-refractivity contribution in [2.45, 2.75) is 18.9 Å². The molecule has 0 aromatic rings. The summed E-state index contributed by atoms with van der Waals surface area (Å²) in [7, 11) is 1.70. The highest BCUT2D eigenvalue weighted by Gasteiger charge is 2.22. The molecule has 0 aromatic carbocycles. The number of hydrogen-bond acceptors (Lipinski definition) is 3. The third-order valence-corrected chi connectivity index (χ3v) is 1.83. The highest BCUT2D eigenvalue weighted by Crippen LogP contribution is 2.14. The van der Waals surface area contributed by atoms with Gasteiger partial charge < -0.3 is 10.6 Å². The number of hydrogen-bond donors (Lipinski definition) is 1. The number of hydroxylamine groups is 2. The lowest BCUT2D eigenvalue weighted by Gasteiger charge is -2.19. The highest BCUT2D eigenvalue weighted by atomic mass is 16.7. The topological polar surface area (TPSA) is 38.5 Å². The van der Waals surface area contributed by atoms with Crippen molar-refractivity contribution in [2.24, 2.45) is 5.73 Å². The number of nitrogens with zero attached hydrogens (tertiary/aromatic N) is 1. The van der Waals surface area contributed by atoms with E-state index in [1.165, 1.54) is 12.8 Å². The van der Waals surface area contributed by atoms with E-state index in [9.17, 15) is 0 Å². The van der Waals surface area contributed by atoms with E-state index in [0.29, 0.717) is 12.6 Å². The summed E-state index contributed by atoms with van der Waals surface area (Å²) >= 11 is 0. The Morgan fingerprint density at radius 2 is 2.56 bits per heavy atom. The van der Waals surface area contributed by atoms with E-state index < -0.39 is 0 Å². The Balaban J connectivity index is 2.32. The molecule has 1 heterocycles. The quantitative estimate of drug-likeness (QED) is 0.570. The van der Waals surface area contributed by atoms with Crippen molar-refractivity contribution in [3.63, 3.8) is 0 Å². The lowest BCUT2D eigenvalue weighted by atomic mass is 10.2. The smallest absolute Gasteiger partial charge is 0.0575 e. The van der Waals surface area contributed by atoms with Crippen LogP contribution in [-0.2, 0) is 4.84 Å². The molecule has 0 saturated carbocycles. The zero-order valence-corrected chi connectivity index (χ0v) is 5.84. The summed E-state index contributed by atoms with van der Waals surface area (Å²) in [6.45, 7) is 1.76. The van der Waals surface area contributed by atoms with Crippen molar-refractivity contribution in [2.75, 3.05) is 20.2 Å². The Morgan fingerprint density at radius 3 is 3.00 bits per heavy atom. The van der Waals surface area contributed by atoms with Gasteiger partial charge in [0.25, 0.3) is 0 Å². The highest BCUT2D eigenvalue weighted by molar-refractivity contribution is 4.73. The van der Waals surface area contributed by atoms with Gasteiger partial charge in [-0.1, -0.05) is 0 Å². The molecule has 1 aliphatic rings. The van der Waals surface area contributed by atoms with Crippen molar-refractivity contribution in [3.8, 4) is 0 Å². The summed E-state index contributed by atoms with van der Waals surface area (Å²) in [6.07, 6.45) is 2.40. The standard InChI is InChI=1S/C6H14N2O/c1-9-8-4-2-3-6(8)5-7/h6H,2-5,7H2,1H3. The minimum absolute atomic E-state index is 0.468. The van der Waals surface area contributed by atoms with E-state index >= 15 is 0 Å². The molecule has 1 atom stereocenters. The monoisotopic (exact) mass is 130 g/mol. The van der Waals surface area contributed by atoms with E-state index in [4.69, 9.17) is 10.6 Å². The van der Waals surface area contributed by atoms with Gasteiger partial charge in [0, 0.05) is 19.1 Å². The Morgan fingerprint density at radius 1 is 1.78 bits per heavy atom. The minimum atomic E-state index is 0.468. The van der Waals surface area contributed by atoms with Gasteiger partial charge in [-0.2, -0.15) is 5.06 Å². The van der Waals surface area contributed by atoms with Crippen LogP contribution in [0.3, 0.4) is 0 Å². The van der Waals surface area contributed by atoms with Gasteiger partial charge in [0.2, 0.25) is 0 Å². The van der Waals surface area contributed by atoms with Gasteiger partial charge >= 0.3 is 0 Å². The zero-order chi connectivity index (χ0) is 6.69. The fraction of sp³-hybridized carbons (Fsp3) is 1.00. The van der Waals surface area contributed by atoms with Crippen LogP contribution >= 0.6 is 0 Å². The Hall–Kier alpha value is -0.120. The fourth-order valence-corrected chi connectivity index (χ4v) is 1.29. The molecule has 1 saturated heterocycles. The van der Waals surface area contributed by atoms with E-state index in [1.54, 1.807) is 7.11 Å². The van der Waals surface area contributed by atoms with Gasteiger partial charge in [0.05, 0.1) is 7.11 Å². The second-order valence-corrected chi connectivity index (χ2v) is 2.36. The van der Waals surface area contributed by atoms with E-state index in [-0.39, 0.29) is 0 Å². The maximum Gasteiger partial charge on any atom is 0.0575 e. The second-order valence-electron chi connectivity index (χ2n) is 2.36. The van der Waals surface area contributed by atoms with Crippen LogP contribution in [0.25, 0.3) is 0 Å². The van der Waals surface area contributed by atoms with Crippen LogP contribution in [0.2, 0.25) is 0 Å². The summed E-state index contributed by atoms with van der Waals surface area (Å²) in [4.78, 5) is 5.07. The fourth-order valence-electron chi connectivity index (χ4n) is 1.29. The molecule has 1 rings (SSSR count). The Kier molecular flexibility index (Phi) is 2.45. The summed E-state index contributed by atoms with van der Waals surface area (Å²) in [5, 5.41) is 1.96. The van der Waals surface area contributed by atoms with Gasteiger partial charge in [-0.3, -0.25) is 0 Å². The van der Waals surface area contributed by atoms with Gasteiger partial charge in [0.15, 0.2) is 0 Å². The maximum atomic E-state index is 5.48. The third kappa shape index (κ3) is 1.41. The molecule has 54 valence electrons. The first-order valence-electron chi connectivity index (χ1n) is 3.39. The van der Waals surface area contributed by atoms with Crippen molar-refractivity contribution in [1.29, 1.82) is 0 Å². The molecule has 3 heteroatoms. The van der Waals surface area contributed by atoms with Crippen molar-refractivity contribution in [3.05, 3.63) is 0 Å². The van der Waals surface area contributed by atoms with Crippen LogP contribution in [0.4, 0.5) is 0 Å². The van der Waals surface area contributed by atoms with Crippen LogP contribution in [0.15, 0.2) is 0 Å². The molecule has 0 amide bonds. The Labute approximate surface area is 55.7 Å². The molecular formula is C6H14N2O. The number of rotatable bonds is 2. The average Bonchev–Trinajstić information content (AvgIpc) is 2.33. The van der Waals surface area contributed by atoms with Crippen molar-refractivity contribution >= 4 is 0 Å². The first-order chi connectivity index (χ1) is 4.38. The summed E-state index contributed by atoms with van der Waals surface area (Å²) in [5.41, 5.74) is 5.48. The molecular weight excluding hydrogens is 116 g/mol. The second kappa shape index (κ2) is 3.15. The van der Waals surface area contributed by atoms with E-state index in [0.717, 1.165) is 6.54 Å². The molecule has 0 aromatic heterocycles. The molecule has 0 spiro atoms. The van der Waals surface area contributed by atoms with Crippen molar-refractivity contribution < 1.29 is 4.84 Å². The molecule has 9 heavy (non-hydrogen) atoms. The maximum absolute atomic E-state index is 5.48. The third-order valence-electron chi connectivity index (χ3n) is 1.83. The number of nitrogens with two attached hydrogens (primary N) is 1. The van der Waals surface area contributed by atoms with E-state index in [1.807, 2.05) is 5.06 Å². The normalized spacial score (nSPS) is 29.3. The van der Waals surface area contributed by atoms with Crippen LogP contribution in [0, 0.1) is 0 Å². The predicted octanol–water partition coefficient (Wildman–Crippen LogP) is -0.0291. The summed E-state index contributed by atoms with van der Waals surface area (Å²) < 4.78 is 0. The first kappa shape index (κ1) is 6.99. The molecule has 0 radical (unpaired) electrons. The van der Waals surface area contributed by atoms with E-state index in [2.05, 4.69) is 0 Å². The molecule has 0 bridgehead atoms. The van der Waals surface area contributed by atoms with Crippen LogP contribution < -0.4 is 5.73 Å². The van der Waals surface area contributed by atoms with Crippen molar-refractivity contribution in [1.82, 2.24) is 5.06 Å². The molecule has 2 N–H and O–H groups in total. The summed E-state index contributed by atoms with van der Waals surface area (Å²) in [6, 6.07) is 0.468. The minimum Gasteiger partial charge on any atom is -0.329 e.